The van der Waals surface area contributed by atoms with E-state index in [1.54, 1.807) is 6.26 Å². The second-order valence-electron chi connectivity index (χ2n) is 4.53. The van der Waals surface area contributed by atoms with E-state index in [1.807, 2.05) is 24.4 Å². The molecule has 2 N–H and O–H groups in total. The van der Waals surface area contributed by atoms with Crippen LogP contribution in [-0.4, -0.2) is 21.0 Å². The summed E-state index contributed by atoms with van der Waals surface area (Å²) < 4.78 is 5.35. The van der Waals surface area contributed by atoms with Crippen LogP contribution >= 0.6 is 0 Å². The summed E-state index contributed by atoms with van der Waals surface area (Å²) in [5, 5.41) is 4.46. The van der Waals surface area contributed by atoms with Crippen LogP contribution < -0.4 is 5.32 Å². The van der Waals surface area contributed by atoms with E-state index in [2.05, 4.69) is 20.3 Å². The van der Waals surface area contributed by atoms with E-state index in [9.17, 15) is 0 Å². The molecule has 0 saturated heterocycles. The summed E-state index contributed by atoms with van der Waals surface area (Å²) >= 11 is 0. The van der Waals surface area contributed by atoms with E-state index >= 15 is 0 Å². The van der Waals surface area contributed by atoms with E-state index in [0.29, 0.717) is 17.6 Å². The summed E-state index contributed by atoms with van der Waals surface area (Å²) in [6.07, 6.45) is 5.94. The Labute approximate surface area is 103 Å². The van der Waals surface area contributed by atoms with Crippen LogP contribution in [0.3, 0.4) is 0 Å². The molecule has 0 amide bonds. The summed E-state index contributed by atoms with van der Waals surface area (Å²) in [7, 11) is 0. The lowest BCUT2D eigenvalue weighted by Crippen LogP contribution is -2.05. The molecule has 0 unspecified atom stereocenters. The van der Waals surface area contributed by atoms with E-state index in [1.165, 1.54) is 12.8 Å². The Hall–Kier alpha value is -2.30. The monoisotopic (exact) mass is 240 g/mol. The minimum Gasteiger partial charge on any atom is -0.461 e. The molecule has 0 spiro atoms. The zero-order valence-corrected chi connectivity index (χ0v) is 9.68. The molecule has 90 valence electrons. The lowest BCUT2D eigenvalue weighted by atomic mass is 10.3. The number of fused-ring (bicyclic) bond motifs is 1. The van der Waals surface area contributed by atoms with Crippen molar-refractivity contribution in [1.82, 2.24) is 15.0 Å². The van der Waals surface area contributed by atoms with Crippen LogP contribution in [0.1, 0.15) is 12.8 Å². The number of hydrogen-bond acceptors (Lipinski definition) is 4. The topological polar surface area (TPSA) is 66.7 Å². The number of furan rings is 1. The normalized spacial score (nSPS) is 15.1. The molecule has 5 heteroatoms. The third kappa shape index (κ3) is 1.55. The van der Waals surface area contributed by atoms with Gasteiger partial charge in [0.05, 0.1) is 11.6 Å². The van der Waals surface area contributed by atoms with E-state index < -0.39 is 0 Å². The highest BCUT2D eigenvalue weighted by atomic mass is 16.3. The van der Waals surface area contributed by atoms with E-state index in [4.69, 9.17) is 4.42 Å². The number of nitrogens with one attached hydrogen (secondary N) is 2. The molecule has 1 fully saturated rings. The van der Waals surface area contributed by atoms with Crippen molar-refractivity contribution in [2.45, 2.75) is 18.9 Å². The van der Waals surface area contributed by atoms with Crippen molar-refractivity contribution in [2.24, 2.45) is 0 Å². The van der Waals surface area contributed by atoms with Crippen molar-refractivity contribution >= 4 is 16.9 Å². The Morgan fingerprint density at radius 2 is 2.22 bits per heavy atom. The van der Waals surface area contributed by atoms with Gasteiger partial charge in [-0.25, -0.2) is 9.97 Å². The highest BCUT2D eigenvalue weighted by Crippen LogP contribution is 2.29. The van der Waals surface area contributed by atoms with Crippen LogP contribution in [0.15, 0.2) is 35.1 Å². The van der Waals surface area contributed by atoms with Gasteiger partial charge >= 0.3 is 0 Å². The zero-order valence-electron chi connectivity index (χ0n) is 9.68. The van der Waals surface area contributed by atoms with E-state index in [-0.39, 0.29) is 0 Å². The minimum absolute atomic E-state index is 0.558. The molecule has 4 rings (SSSR count). The highest BCUT2D eigenvalue weighted by molar-refractivity contribution is 5.88. The summed E-state index contributed by atoms with van der Waals surface area (Å²) in [6, 6.07) is 6.25. The number of nitrogens with zero attached hydrogens (tertiary/aromatic N) is 2. The number of H-pyrrole nitrogens is 1. The fraction of sp³-hybridized carbons (Fsp3) is 0.231. The van der Waals surface area contributed by atoms with Gasteiger partial charge in [-0.05, 0) is 31.0 Å². The van der Waals surface area contributed by atoms with Crippen molar-refractivity contribution in [3.05, 3.63) is 30.7 Å². The SMILES string of the molecule is c1coc(-c2nc(NC3CC3)c3cc[nH]c3n2)c1. The predicted molar refractivity (Wildman–Crippen MR) is 68.2 cm³/mol. The molecule has 0 aliphatic heterocycles. The second-order valence-corrected chi connectivity index (χ2v) is 4.53. The maximum Gasteiger partial charge on any atom is 0.199 e. The van der Waals surface area contributed by atoms with Crippen LogP contribution in [0.5, 0.6) is 0 Å². The maximum atomic E-state index is 5.35. The number of anilines is 1. The first-order chi connectivity index (χ1) is 8.90. The first-order valence-electron chi connectivity index (χ1n) is 6.06. The molecule has 1 saturated carbocycles. The molecule has 5 nitrogen and oxygen atoms in total. The number of aromatic nitrogens is 3. The second kappa shape index (κ2) is 3.60. The van der Waals surface area contributed by atoms with Gasteiger partial charge in [0, 0.05) is 12.2 Å². The third-order valence-electron chi connectivity index (χ3n) is 3.08. The molecule has 18 heavy (non-hydrogen) atoms. The highest BCUT2D eigenvalue weighted by Gasteiger charge is 2.23. The largest absolute Gasteiger partial charge is 0.461 e. The molecule has 0 radical (unpaired) electrons. The van der Waals surface area contributed by atoms with Gasteiger partial charge in [-0.3, -0.25) is 0 Å². The molecule has 1 aliphatic rings. The van der Waals surface area contributed by atoms with Crippen LogP contribution in [-0.2, 0) is 0 Å². The van der Waals surface area contributed by atoms with Gasteiger partial charge < -0.3 is 14.7 Å². The Morgan fingerprint density at radius 1 is 1.28 bits per heavy atom. The fourth-order valence-electron chi connectivity index (χ4n) is 1.99. The van der Waals surface area contributed by atoms with Crippen LogP contribution in [0.25, 0.3) is 22.6 Å². The molecule has 1 aliphatic carbocycles. The average Bonchev–Trinajstić information content (AvgIpc) is 2.89. The van der Waals surface area contributed by atoms with Crippen molar-refractivity contribution < 1.29 is 4.42 Å². The lowest BCUT2D eigenvalue weighted by Gasteiger charge is -2.06. The van der Waals surface area contributed by atoms with Gasteiger partial charge in [0.15, 0.2) is 11.6 Å². The molecule has 3 aromatic rings. The first kappa shape index (κ1) is 9.70. The minimum atomic E-state index is 0.558. The quantitative estimate of drug-likeness (QED) is 0.738. The van der Waals surface area contributed by atoms with Crippen molar-refractivity contribution in [1.29, 1.82) is 0 Å². The lowest BCUT2D eigenvalue weighted by molar-refractivity contribution is 0.577. The Kier molecular flexibility index (Phi) is 1.94. The molecule has 3 aromatic heterocycles. The van der Waals surface area contributed by atoms with E-state index in [0.717, 1.165) is 16.9 Å². The molecular weight excluding hydrogens is 228 g/mol. The average molecular weight is 240 g/mol. The van der Waals surface area contributed by atoms with Gasteiger partial charge in [-0.15, -0.1) is 0 Å². The fourth-order valence-corrected chi connectivity index (χ4v) is 1.99. The Balaban J connectivity index is 1.88. The van der Waals surface area contributed by atoms with Gasteiger partial charge in [0.1, 0.15) is 11.5 Å². The van der Waals surface area contributed by atoms with Crippen molar-refractivity contribution in [3.8, 4) is 11.6 Å². The van der Waals surface area contributed by atoms with Crippen molar-refractivity contribution in [3.63, 3.8) is 0 Å². The van der Waals surface area contributed by atoms with Crippen LogP contribution in [0.2, 0.25) is 0 Å². The van der Waals surface area contributed by atoms with Gasteiger partial charge in [-0.1, -0.05) is 0 Å². The maximum absolute atomic E-state index is 5.35. The number of hydrogen-bond donors (Lipinski definition) is 2. The summed E-state index contributed by atoms with van der Waals surface area (Å²) in [5.41, 5.74) is 0.833. The third-order valence-corrected chi connectivity index (χ3v) is 3.08. The smallest absolute Gasteiger partial charge is 0.199 e. The Morgan fingerprint density at radius 3 is 3.00 bits per heavy atom. The molecular formula is C13H12N4O. The first-order valence-corrected chi connectivity index (χ1v) is 6.06. The molecule has 0 atom stereocenters. The summed E-state index contributed by atoms with van der Waals surface area (Å²) in [5.74, 6) is 2.18. The number of rotatable bonds is 3. The molecule has 0 bridgehead atoms. The molecule has 0 aromatic carbocycles. The standard InChI is InChI=1S/C13H12N4O/c1-2-10(18-7-1)13-16-11-9(5-6-14-11)12(17-13)15-8-3-4-8/h1-2,5-8H,3-4H2,(H2,14,15,16,17). The van der Waals surface area contributed by atoms with Crippen LogP contribution in [0, 0.1) is 0 Å². The summed E-state index contributed by atoms with van der Waals surface area (Å²) in [6.45, 7) is 0. The molecule has 3 heterocycles. The van der Waals surface area contributed by atoms with Gasteiger partial charge in [0.2, 0.25) is 0 Å². The Bertz CT molecular complexity index is 682. The van der Waals surface area contributed by atoms with Crippen LogP contribution in [0.4, 0.5) is 5.82 Å². The number of aromatic amines is 1. The van der Waals surface area contributed by atoms with Gasteiger partial charge in [-0.2, -0.15) is 0 Å². The zero-order chi connectivity index (χ0) is 11.9. The predicted octanol–water partition coefficient (Wildman–Crippen LogP) is 2.79. The summed E-state index contributed by atoms with van der Waals surface area (Å²) in [4.78, 5) is 12.1. The van der Waals surface area contributed by atoms with Crippen molar-refractivity contribution in [2.75, 3.05) is 5.32 Å². The van der Waals surface area contributed by atoms with Gasteiger partial charge in [0.25, 0.3) is 0 Å².